The van der Waals surface area contributed by atoms with Gasteiger partial charge < -0.3 is 35.3 Å². The molecule has 0 radical (unpaired) electrons. The van der Waals surface area contributed by atoms with Gasteiger partial charge in [-0.25, -0.2) is 14.8 Å². The van der Waals surface area contributed by atoms with E-state index in [0.29, 0.717) is 105 Å². The fourth-order valence-corrected chi connectivity index (χ4v) is 11.8. The predicted molar refractivity (Wildman–Crippen MR) is 292 cm³/mol. The van der Waals surface area contributed by atoms with Crippen molar-refractivity contribution >= 4 is 79.2 Å². The first-order valence-electron chi connectivity index (χ1n) is 25.9. The van der Waals surface area contributed by atoms with Crippen LogP contribution in [0.4, 0.5) is 22.3 Å². The molecule has 3 fully saturated rings. The van der Waals surface area contributed by atoms with Crippen LogP contribution in [-0.4, -0.2) is 126 Å². The molecule has 0 aliphatic carbocycles. The van der Waals surface area contributed by atoms with E-state index < -0.39 is 17.8 Å². The highest BCUT2D eigenvalue weighted by atomic mass is 32.1. The maximum Gasteiger partial charge on any atom is 0.355 e. The van der Waals surface area contributed by atoms with E-state index in [-0.39, 0.29) is 35.5 Å². The van der Waals surface area contributed by atoms with Crippen molar-refractivity contribution in [1.29, 1.82) is 5.41 Å². The zero-order valence-electron chi connectivity index (χ0n) is 42.3. The number of carbonyl (C=O) groups is 5. The van der Waals surface area contributed by atoms with Crippen molar-refractivity contribution in [2.75, 3.05) is 86.4 Å². The van der Waals surface area contributed by atoms with Gasteiger partial charge in [0, 0.05) is 80.8 Å². The van der Waals surface area contributed by atoms with E-state index in [1.807, 2.05) is 108 Å². The summed E-state index contributed by atoms with van der Waals surface area (Å²) in [5, 5.41) is 28.3. The normalized spacial score (nSPS) is 17.4. The predicted octanol–water partition coefficient (Wildman–Crippen LogP) is 7.86. The van der Waals surface area contributed by atoms with E-state index in [0.717, 1.165) is 82.6 Å². The summed E-state index contributed by atoms with van der Waals surface area (Å²) in [4.78, 5) is 81.9. The Balaban J connectivity index is 0.678. The van der Waals surface area contributed by atoms with Crippen LogP contribution in [0.15, 0.2) is 91.0 Å². The molecule has 4 aromatic carbocycles. The van der Waals surface area contributed by atoms with E-state index in [4.69, 9.17) is 15.1 Å². The molecule has 5 N–H and O–H groups in total. The number of fused-ring (bicyclic) bond motifs is 2. The highest BCUT2D eigenvalue weighted by molar-refractivity contribution is 7.22. The molecule has 0 spiro atoms. The number of thiazole rings is 1. The lowest BCUT2D eigenvalue weighted by molar-refractivity contribution is -0.135. The van der Waals surface area contributed by atoms with Gasteiger partial charge in [0.2, 0.25) is 17.7 Å². The maximum atomic E-state index is 13.6. The third-order valence-electron chi connectivity index (χ3n) is 15.2. The Kier molecular flexibility index (Phi) is 15.2. The molecule has 1 atom stereocenters. The molecular weight excluding hydrogens is 969 g/mol. The molecule has 0 bridgehead atoms. The number of anilines is 4. The summed E-state index contributed by atoms with van der Waals surface area (Å²) in [5.74, 6) is -0.831. The van der Waals surface area contributed by atoms with Gasteiger partial charge in [-0.1, -0.05) is 47.7 Å². The first kappa shape index (κ1) is 50.8. The first-order valence-corrected chi connectivity index (χ1v) is 26.7. The van der Waals surface area contributed by atoms with Gasteiger partial charge in [-0.05, 0) is 141 Å². The summed E-state index contributed by atoms with van der Waals surface area (Å²) in [5.41, 5.74) is 7.94. The second kappa shape index (κ2) is 22.4. The van der Waals surface area contributed by atoms with Gasteiger partial charge >= 0.3 is 5.97 Å². The van der Waals surface area contributed by atoms with Crippen molar-refractivity contribution in [1.82, 2.24) is 25.1 Å². The third kappa shape index (κ3) is 11.2. The molecule has 2 aromatic heterocycles. The summed E-state index contributed by atoms with van der Waals surface area (Å²) < 4.78 is 7.34. The van der Waals surface area contributed by atoms with Gasteiger partial charge in [-0.3, -0.25) is 34.7 Å². The lowest BCUT2D eigenvalue weighted by Crippen LogP contribution is -2.52. The van der Waals surface area contributed by atoms with E-state index in [9.17, 15) is 29.1 Å². The van der Waals surface area contributed by atoms with Crippen LogP contribution in [0.3, 0.4) is 0 Å². The Hall–Kier alpha value is -7.70. The average molecular weight is 1030 g/mol. The van der Waals surface area contributed by atoms with Gasteiger partial charge in [-0.2, -0.15) is 0 Å². The lowest BCUT2D eigenvalue weighted by Gasteiger charge is -2.38. The monoisotopic (exact) mass is 1030 g/mol. The number of aromatic carboxylic acids is 1. The lowest BCUT2D eigenvalue weighted by atomic mass is 9.88. The van der Waals surface area contributed by atoms with E-state index >= 15 is 0 Å². The molecule has 10 rings (SSSR count). The Morgan fingerprint density at radius 2 is 1.64 bits per heavy atom. The number of rotatable bonds is 16. The Morgan fingerprint density at radius 3 is 2.41 bits per heavy atom. The largest absolute Gasteiger partial charge is 0.493 e. The number of aromatic nitrogens is 2. The highest BCUT2D eigenvalue weighted by Crippen LogP contribution is 2.36. The SMILES string of the molecule is CNc1cc(N2CCN(C(=O)CN3CCC(CCCOc4cccc(-c5ccc(N6CCc7cccc(C(=O)Nc8nc9ccccc9s8)c7C6)nc5C(=O)O)c4C)CC3)CC2)ccc1C(=N)C1CCC(=O)NC1=O. The Bertz CT molecular complexity index is 3150. The van der Waals surface area contributed by atoms with Crippen molar-refractivity contribution in [3.63, 3.8) is 0 Å². The standard InChI is InChI=1S/C57H62N10O7S/c1-35-39(40-17-19-49(61-53(40)56(72)73)67-26-23-37-9-5-11-41(44(37)33-67)54(70)63-57-60-45-12-3-4-14-48(45)75-57)10-6-13-47(35)74-31-7-8-36-21-24-64(25-22-36)34-51(69)66-29-27-65(28-30-66)38-15-16-42(46(32-38)59-2)52(58)43-18-20-50(68)62-55(43)71/h3-6,9-17,19,32,36,43,58-59H,7-8,18,20-31,33-34H2,1-2H3,(H,72,73)(H,60,63,70)(H,62,68,71). The molecule has 18 heteroatoms. The average Bonchev–Trinajstić information content (AvgIpc) is 3.84. The smallest absolute Gasteiger partial charge is 0.355 e. The number of piperazine rings is 1. The maximum absolute atomic E-state index is 13.6. The zero-order chi connectivity index (χ0) is 52.2. The van der Waals surface area contributed by atoms with Crippen LogP contribution >= 0.6 is 11.3 Å². The number of nitrogens with zero attached hydrogens (tertiary/aromatic N) is 6. The van der Waals surface area contributed by atoms with Gasteiger partial charge in [-0.15, -0.1) is 0 Å². The molecule has 4 aliphatic rings. The summed E-state index contributed by atoms with van der Waals surface area (Å²) >= 11 is 1.43. The molecule has 75 heavy (non-hydrogen) atoms. The topological polar surface area (TPSA) is 213 Å². The number of likely N-dealkylation sites (tertiary alicyclic amines) is 1. The van der Waals surface area contributed by atoms with Crippen molar-refractivity contribution < 1.29 is 33.8 Å². The fraction of sp³-hybridized carbons (Fsp3) is 0.368. The summed E-state index contributed by atoms with van der Waals surface area (Å²) in [6, 6.07) is 28.7. The van der Waals surface area contributed by atoms with Crippen LogP contribution in [0.5, 0.6) is 5.75 Å². The number of para-hydroxylation sites is 1. The number of carboxylic acid groups (broad SMARTS) is 1. The van der Waals surface area contributed by atoms with Gasteiger partial charge in [0.15, 0.2) is 10.8 Å². The van der Waals surface area contributed by atoms with Crippen LogP contribution in [0.25, 0.3) is 21.3 Å². The van der Waals surface area contributed by atoms with Crippen LogP contribution in [-0.2, 0) is 27.3 Å². The first-order chi connectivity index (χ1) is 36.4. The second-order valence-corrected chi connectivity index (χ2v) is 20.9. The van der Waals surface area contributed by atoms with Crippen molar-refractivity contribution in [3.8, 4) is 16.9 Å². The van der Waals surface area contributed by atoms with Gasteiger partial charge in [0.05, 0.1) is 35.0 Å². The molecule has 4 aliphatic heterocycles. The molecule has 17 nitrogen and oxygen atoms in total. The third-order valence-corrected chi connectivity index (χ3v) is 16.2. The van der Waals surface area contributed by atoms with Crippen LogP contribution < -0.4 is 30.5 Å². The van der Waals surface area contributed by atoms with Crippen molar-refractivity contribution in [2.45, 2.75) is 58.4 Å². The number of hydrogen-bond acceptors (Lipinski definition) is 14. The van der Waals surface area contributed by atoms with Crippen LogP contribution in [0.2, 0.25) is 0 Å². The van der Waals surface area contributed by atoms with Crippen LogP contribution in [0, 0.1) is 24.2 Å². The summed E-state index contributed by atoms with van der Waals surface area (Å²) in [7, 11) is 1.79. The number of carboxylic acids is 1. The molecule has 1 unspecified atom stereocenters. The minimum Gasteiger partial charge on any atom is -0.493 e. The number of hydrogen-bond donors (Lipinski definition) is 5. The van der Waals surface area contributed by atoms with Gasteiger partial charge in [0.1, 0.15) is 11.6 Å². The highest BCUT2D eigenvalue weighted by Gasteiger charge is 2.33. The minimum absolute atomic E-state index is 0.0486. The molecule has 6 heterocycles. The van der Waals surface area contributed by atoms with Crippen molar-refractivity contribution in [3.05, 3.63) is 125 Å². The summed E-state index contributed by atoms with van der Waals surface area (Å²) in [6.07, 6.45) is 5.15. The zero-order valence-corrected chi connectivity index (χ0v) is 43.1. The number of nitrogens with one attached hydrogen (secondary N) is 4. The fourth-order valence-electron chi connectivity index (χ4n) is 11.0. The number of piperidine rings is 2. The quantitative estimate of drug-likeness (QED) is 0.0355. The second-order valence-electron chi connectivity index (χ2n) is 19.8. The molecule has 4 amide bonds. The summed E-state index contributed by atoms with van der Waals surface area (Å²) in [6.45, 7) is 8.28. The Morgan fingerprint density at radius 1 is 0.840 bits per heavy atom. The number of imide groups is 1. The number of ether oxygens (including phenoxy) is 1. The number of amides is 4. The van der Waals surface area contributed by atoms with E-state index in [2.05, 4.69) is 30.7 Å². The number of benzene rings is 4. The molecule has 6 aromatic rings. The molecule has 0 saturated carbocycles. The van der Waals surface area contributed by atoms with Crippen LogP contribution in [0.1, 0.15) is 81.6 Å². The van der Waals surface area contributed by atoms with E-state index in [1.165, 1.54) is 11.3 Å². The number of pyridine rings is 1. The van der Waals surface area contributed by atoms with E-state index in [1.54, 1.807) is 7.05 Å². The van der Waals surface area contributed by atoms with Crippen molar-refractivity contribution in [2.24, 2.45) is 11.8 Å². The molecular formula is C57H62N10O7S. The Labute approximate surface area is 439 Å². The van der Waals surface area contributed by atoms with Gasteiger partial charge in [0.25, 0.3) is 5.91 Å². The molecule has 3 saturated heterocycles. The minimum atomic E-state index is -1.13. The molecule has 388 valence electrons. The number of carbonyl (C=O) groups excluding carboxylic acids is 4.